The van der Waals surface area contributed by atoms with E-state index in [1.54, 1.807) is 0 Å². The maximum Gasteiger partial charge on any atom is 0.125 e. The van der Waals surface area contributed by atoms with Crippen LogP contribution in [0.4, 0.5) is 0 Å². The van der Waals surface area contributed by atoms with Crippen molar-refractivity contribution < 1.29 is 0 Å². The van der Waals surface area contributed by atoms with Crippen LogP contribution in [-0.4, -0.2) is 16.5 Å². The molecule has 0 radical (unpaired) electrons. The van der Waals surface area contributed by atoms with E-state index >= 15 is 0 Å². The van der Waals surface area contributed by atoms with Gasteiger partial charge < -0.3 is 5.32 Å². The summed E-state index contributed by atoms with van der Waals surface area (Å²) >= 11 is 6.14. The lowest BCUT2D eigenvalue weighted by atomic mass is 9.69. The van der Waals surface area contributed by atoms with Gasteiger partial charge in [-0.25, -0.2) is 9.97 Å². The molecule has 1 aromatic heterocycles. The minimum Gasteiger partial charge on any atom is -0.308 e. The highest BCUT2D eigenvalue weighted by atomic mass is 35.5. The van der Waals surface area contributed by atoms with Gasteiger partial charge in [0.2, 0.25) is 0 Å². The highest BCUT2D eigenvalue weighted by Gasteiger charge is 2.40. The third-order valence-corrected chi connectivity index (χ3v) is 6.51. The number of rotatable bonds is 6. The fourth-order valence-electron chi connectivity index (χ4n) is 4.63. The first-order valence-electron chi connectivity index (χ1n) is 10.4. The zero-order valence-electron chi connectivity index (χ0n) is 16.7. The average Bonchev–Trinajstić information content (AvgIpc) is 3.48. The van der Waals surface area contributed by atoms with Crippen molar-refractivity contribution in [2.75, 3.05) is 6.54 Å². The summed E-state index contributed by atoms with van der Waals surface area (Å²) in [6.07, 6.45) is 7.16. The molecule has 4 rings (SSSR count). The second-order valence-corrected chi connectivity index (χ2v) is 8.88. The van der Waals surface area contributed by atoms with Crippen LogP contribution >= 0.6 is 11.6 Å². The molecule has 4 heteroatoms. The van der Waals surface area contributed by atoms with Crippen LogP contribution in [0.2, 0.25) is 5.02 Å². The Bertz CT molecular complexity index is 813. The molecule has 1 fully saturated rings. The third-order valence-electron chi connectivity index (χ3n) is 6.26. The Labute approximate surface area is 168 Å². The lowest BCUT2D eigenvalue weighted by Gasteiger charge is -2.37. The Morgan fingerprint density at radius 2 is 1.96 bits per heavy atom. The quantitative estimate of drug-likeness (QED) is 0.712. The summed E-state index contributed by atoms with van der Waals surface area (Å²) in [6, 6.07) is 8.72. The predicted octanol–water partition coefficient (Wildman–Crippen LogP) is 5.53. The summed E-state index contributed by atoms with van der Waals surface area (Å²) in [5.41, 5.74) is 5.14. The molecule has 1 N–H and O–H groups in total. The van der Waals surface area contributed by atoms with Gasteiger partial charge in [-0.1, -0.05) is 30.7 Å². The average molecular weight is 384 g/mol. The predicted molar refractivity (Wildman–Crippen MR) is 111 cm³/mol. The molecule has 27 heavy (non-hydrogen) atoms. The maximum absolute atomic E-state index is 6.14. The first kappa shape index (κ1) is 18.9. The lowest BCUT2D eigenvalue weighted by Crippen LogP contribution is -2.34. The van der Waals surface area contributed by atoms with E-state index in [1.165, 1.54) is 41.8 Å². The maximum atomic E-state index is 6.14. The van der Waals surface area contributed by atoms with E-state index in [0.717, 1.165) is 42.6 Å². The largest absolute Gasteiger partial charge is 0.308 e. The van der Waals surface area contributed by atoms with E-state index < -0.39 is 0 Å². The molecule has 0 aliphatic heterocycles. The summed E-state index contributed by atoms with van der Waals surface area (Å²) in [5, 5.41) is 4.58. The van der Waals surface area contributed by atoms with Gasteiger partial charge in [-0.2, -0.15) is 0 Å². The van der Waals surface area contributed by atoms with Gasteiger partial charge in [0.15, 0.2) is 0 Å². The van der Waals surface area contributed by atoms with Crippen LogP contribution in [-0.2, 0) is 11.8 Å². The van der Waals surface area contributed by atoms with E-state index in [4.69, 9.17) is 21.6 Å². The molecule has 0 amide bonds. The molecule has 2 unspecified atom stereocenters. The van der Waals surface area contributed by atoms with Crippen LogP contribution in [0.1, 0.15) is 80.3 Å². The van der Waals surface area contributed by atoms with Gasteiger partial charge in [0.05, 0.1) is 17.4 Å². The van der Waals surface area contributed by atoms with Crippen molar-refractivity contribution in [1.29, 1.82) is 0 Å². The van der Waals surface area contributed by atoms with Crippen molar-refractivity contribution in [2.24, 2.45) is 5.92 Å². The van der Waals surface area contributed by atoms with Crippen LogP contribution in [0, 0.1) is 12.8 Å². The molecule has 0 spiro atoms. The standard InChI is InChI=1S/C23H30ClN3/c1-4-14-25-20(16-7-8-16)21-19-6-5-13-23(3,22(19)27-15(2)26-21)17-9-11-18(24)12-10-17/h9-12,16,20,25H,4-8,13-14H2,1-3H3. The summed E-state index contributed by atoms with van der Waals surface area (Å²) in [5.74, 6) is 1.63. The van der Waals surface area contributed by atoms with Gasteiger partial charge >= 0.3 is 0 Å². The van der Waals surface area contributed by atoms with Crippen LogP contribution in [0.5, 0.6) is 0 Å². The van der Waals surface area contributed by atoms with Crippen molar-refractivity contribution in [1.82, 2.24) is 15.3 Å². The van der Waals surface area contributed by atoms with E-state index in [0.29, 0.717) is 6.04 Å². The zero-order chi connectivity index (χ0) is 19.0. The van der Waals surface area contributed by atoms with Gasteiger partial charge in [-0.05, 0) is 88.1 Å². The van der Waals surface area contributed by atoms with Crippen LogP contribution in [0.25, 0.3) is 0 Å². The summed E-state index contributed by atoms with van der Waals surface area (Å²) in [4.78, 5) is 9.98. The number of halogens is 1. The summed E-state index contributed by atoms with van der Waals surface area (Å²) in [7, 11) is 0. The van der Waals surface area contributed by atoms with E-state index in [9.17, 15) is 0 Å². The molecule has 2 aliphatic carbocycles. The first-order valence-corrected chi connectivity index (χ1v) is 10.8. The topological polar surface area (TPSA) is 37.8 Å². The van der Waals surface area contributed by atoms with Crippen molar-refractivity contribution in [3.63, 3.8) is 0 Å². The Kier molecular flexibility index (Phi) is 5.26. The number of hydrogen-bond acceptors (Lipinski definition) is 3. The third kappa shape index (κ3) is 3.64. The number of aromatic nitrogens is 2. The first-order chi connectivity index (χ1) is 13.0. The Hall–Kier alpha value is -1.45. The SMILES string of the molecule is CCCNC(c1nc(C)nc2c1CCCC2(C)c1ccc(Cl)cc1)C1CC1. The number of nitrogens with one attached hydrogen (secondary N) is 1. The molecule has 144 valence electrons. The minimum absolute atomic E-state index is 0.0700. The summed E-state index contributed by atoms with van der Waals surface area (Å²) < 4.78 is 0. The number of benzene rings is 1. The number of fused-ring (bicyclic) bond motifs is 1. The normalized spacial score (nSPS) is 23.1. The van der Waals surface area contributed by atoms with Crippen molar-refractivity contribution in [3.05, 3.63) is 57.6 Å². The zero-order valence-corrected chi connectivity index (χ0v) is 17.4. The van der Waals surface area contributed by atoms with E-state index in [1.807, 2.05) is 19.1 Å². The molecule has 1 aromatic carbocycles. The Balaban J connectivity index is 1.81. The van der Waals surface area contributed by atoms with Gasteiger partial charge in [0.1, 0.15) is 5.82 Å². The highest BCUT2D eigenvalue weighted by molar-refractivity contribution is 6.30. The second kappa shape index (κ2) is 7.52. The summed E-state index contributed by atoms with van der Waals surface area (Å²) in [6.45, 7) is 7.67. The highest BCUT2D eigenvalue weighted by Crippen LogP contribution is 2.46. The fourth-order valence-corrected chi connectivity index (χ4v) is 4.76. The fraction of sp³-hybridized carbons (Fsp3) is 0.565. The second-order valence-electron chi connectivity index (χ2n) is 8.44. The molecule has 0 saturated heterocycles. The van der Waals surface area contributed by atoms with Crippen LogP contribution in [0.3, 0.4) is 0 Å². The minimum atomic E-state index is -0.0700. The molecule has 0 bridgehead atoms. The number of aryl methyl sites for hydroxylation is 1. The Morgan fingerprint density at radius 1 is 1.22 bits per heavy atom. The van der Waals surface area contributed by atoms with Gasteiger partial charge in [-0.3, -0.25) is 0 Å². The molecular formula is C23H30ClN3. The molecule has 2 aromatic rings. The van der Waals surface area contributed by atoms with Gasteiger partial charge in [0, 0.05) is 10.4 Å². The van der Waals surface area contributed by atoms with Gasteiger partial charge in [0.25, 0.3) is 0 Å². The van der Waals surface area contributed by atoms with Crippen molar-refractivity contribution in [3.8, 4) is 0 Å². The van der Waals surface area contributed by atoms with E-state index in [2.05, 4.69) is 31.3 Å². The monoisotopic (exact) mass is 383 g/mol. The van der Waals surface area contributed by atoms with Crippen LogP contribution < -0.4 is 5.32 Å². The molecule has 3 nitrogen and oxygen atoms in total. The lowest BCUT2D eigenvalue weighted by molar-refractivity contribution is 0.422. The van der Waals surface area contributed by atoms with Crippen molar-refractivity contribution >= 4 is 11.6 Å². The number of nitrogens with zero attached hydrogens (tertiary/aromatic N) is 2. The van der Waals surface area contributed by atoms with Gasteiger partial charge in [-0.15, -0.1) is 0 Å². The molecule has 1 saturated carbocycles. The smallest absolute Gasteiger partial charge is 0.125 e. The molecule has 2 aliphatic rings. The molecular weight excluding hydrogens is 354 g/mol. The Morgan fingerprint density at radius 3 is 2.63 bits per heavy atom. The molecule has 2 atom stereocenters. The number of hydrogen-bond donors (Lipinski definition) is 1. The van der Waals surface area contributed by atoms with E-state index in [-0.39, 0.29) is 5.41 Å². The van der Waals surface area contributed by atoms with Crippen LogP contribution in [0.15, 0.2) is 24.3 Å². The van der Waals surface area contributed by atoms with Crippen molar-refractivity contribution in [2.45, 2.75) is 70.8 Å². The molecule has 1 heterocycles.